The van der Waals surface area contributed by atoms with E-state index >= 15 is 0 Å². The highest BCUT2D eigenvalue weighted by Gasteiger charge is 2.70. The second-order valence-electron chi connectivity index (χ2n) is 4.91. The molecule has 2 N–H and O–H groups in total. The normalized spacial score (nSPS) is 54.3. The van der Waals surface area contributed by atoms with Gasteiger partial charge in [0.25, 0.3) is 0 Å². The number of hydrogen-bond acceptors (Lipinski definition) is 2. The minimum absolute atomic E-state index is 0.412. The quantitative estimate of drug-likeness (QED) is 0.600. The van der Waals surface area contributed by atoms with Gasteiger partial charge in [0.05, 0.1) is 0 Å². The average molecular weight is 153 g/mol. The third-order valence-electron chi connectivity index (χ3n) is 4.16. The molecule has 1 saturated heterocycles. The number of nitrogens with one attached hydrogen (secondary N) is 1. The van der Waals surface area contributed by atoms with Gasteiger partial charge < -0.3 is 10.4 Å². The second-order valence-corrected chi connectivity index (χ2v) is 4.91. The Morgan fingerprint density at radius 2 is 1.91 bits per heavy atom. The molecular formula is C9H15NO. The van der Waals surface area contributed by atoms with E-state index < -0.39 is 0 Å². The van der Waals surface area contributed by atoms with Crippen molar-refractivity contribution in [1.82, 2.24) is 5.32 Å². The van der Waals surface area contributed by atoms with E-state index in [1.807, 2.05) is 0 Å². The summed E-state index contributed by atoms with van der Waals surface area (Å²) in [6.45, 7) is 2.91. The van der Waals surface area contributed by atoms with E-state index in [9.17, 15) is 0 Å². The third kappa shape index (κ3) is 0.574. The maximum absolute atomic E-state index is 9.05. The molecular weight excluding hydrogens is 138 g/mol. The Morgan fingerprint density at radius 3 is 2.27 bits per heavy atom. The molecule has 0 aromatic carbocycles. The first kappa shape index (κ1) is 6.44. The van der Waals surface area contributed by atoms with Gasteiger partial charge in [-0.15, -0.1) is 0 Å². The molecule has 0 aromatic rings. The lowest BCUT2D eigenvalue weighted by atomic mass is 9.31. The van der Waals surface area contributed by atoms with Crippen LogP contribution in [0, 0.1) is 16.7 Å². The minimum Gasteiger partial charge on any atom is -0.396 e. The SMILES string of the molecule is OCC12CC(C3CNC3)(C1)C2. The van der Waals surface area contributed by atoms with Crippen LogP contribution in [0.2, 0.25) is 0 Å². The zero-order chi connectivity index (χ0) is 7.53. The van der Waals surface area contributed by atoms with Crippen molar-refractivity contribution in [3.8, 4) is 0 Å². The maximum Gasteiger partial charge on any atom is 0.0488 e. The van der Waals surface area contributed by atoms with Crippen molar-refractivity contribution in [3.63, 3.8) is 0 Å². The van der Waals surface area contributed by atoms with Crippen molar-refractivity contribution < 1.29 is 5.11 Å². The van der Waals surface area contributed by atoms with Crippen LogP contribution in [0.15, 0.2) is 0 Å². The van der Waals surface area contributed by atoms with Crippen LogP contribution < -0.4 is 5.32 Å². The molecule has 1 aliphatic heterocycles. The first-order valence-corrected chi connectivity index (χ1v) is 4.60. The van der Waals surface area contributed by atoms with E-state index in [2.05, 4.69) is 5.32 Å². The molecule has 2 heteroatoms. The summed E-state index contributed by atoms with van der Waals surface area (Å²) in [6, 6.07) is 0. The van der Waals surface area contributed by atoms with E-state index in [0.717, 1.165) is 5.92 Å². The van der Waals surface area contributed by atoms with E-state index in [1.165, 1.54) is 32.4 Å². The molecule has 3 saturated carbocycles. The van der Waals surface area contributed by atoms with Crippen LogP contribution in [0.25, 0.3) is 0 Å². The lowest BCUT2D eigenvalue weighted by molar-refractivity contribution is -0.258. The van der Waals surface area contributed by atoms with Crippen molar-refractivity contribution in [1.29, 1.82) is 0 Å². The molecule has 0 aromatic heterocycles. The molecule has 0 unspecified atom stereocenters. The fraction of sp³-hybridized carbons (Fsp3) is 1.00. The second kappa shape index (κ2) is 1.64. The number of aliphatic hydroxyl groups is 1. The average Bonchev–Trinajstić information content (AvgIpc) is 1.68. The van der Waals surface area contributed by atoms with Gasteiger partial charge in [0.15, 0.2) is 0 Å². The number of rotatable bonds is 2. The fourth-order valence-electron chi connectivity index (χ4n) is 3.41. The molecule has 0 radical (unpaired) electrons. The van der Waals surface area contributed by atoms with Gasteiger partial charge in [0, 0.05) is 6.61 Å². The van der Waals surface area contributed by atoms with Crippen LogP contribution in [-0.4, -0.2) is 24.8 Å². The highest BCUT2D eigenvalue weighted by molar-refractivity contribution is 5.20. The standard InChI is InChI=1S/C9H15NO/c11-6-8-3-9(4-8,5-8)7-1-10-2-7/h7,10-11H,1-6H2. The van der Waals surface area contributed by atoms with Crippen LogP contribution >= 0.6 is 0 Å². The highest BCUT2D eigenvalue weighted by atomic mass is 16.3. The van der Waals surface area contributed by atoms with Crippen molar-refractivity contribution >= 4 is 0 Å². The molecule has 0 atom stereocenters. The topological polar surface area (TPSA) is 32.3 Å². The predicted octanol–water partition coefficient (Wildman–Crippen LogP) is 0.368. The smallest absolute Gasteiger partial charge is 0.0488 e. The lowest BCUT2D eigenvalue weighted by Gasteiger charge is -2.74. The predicted molar refractivity (Wildman–Crippen MR) is 42.2 cm³/mol. The Bertz CT molecular complexity index is 178. The Labute approximate surface area is 67.0 Å². The van der Waals surface area contributed by atoms with Crippen molar-refractivity contribution in [2.75, 3.05) is 19.7 Å². The molecule has 62 valence electrons. The van der Waals surface area contributed by atoms with E-state index in [1.54, 1.807) is 0 Å². The van der Waals surface area contributed by atoms with Crippen LogP contribution in [0.5, 0.6) is 0 Å². The van der Waals surface area contributed by atoms with Crippen LogP contribution in [0.3, 0.4) is 0 Å². The molecule has 2 bridgehead atoms. The summed E-state index contributed by atoms with van der Waals surface area (Å²) in [4.78, 5) is 0. The number of hydrogen-bond donors (Lipinski definition) is 2. The first-order valence-electron chi connectivity index (χ1n) is 4.60. The number of aliphatic hydroxyl groups excluding tert-OH is 1. The summed E-state index contributed by atoms with van der Waals surface area (Å²) in [6.07, 6.45) is 3.97. The highest BCUT2D eigenvalue weighted by Crippen LogP contribution is 2.76. The van der Waals surface area contributed by atoms with Gasteiger partial charge in [-0.05, 0) is 49.1 Å². The van der Waals surface area contributed by atoms with Gasteiger partial charge in [-0.25, -0.2) is 0 Å². The maximum atomic E-state index is 9.05. The Hall–Kier alpha value is -0.0800. The molecule has 4 rings (SSSR count). The van der Waals surface area contributed by atoms with Crippen LogP contribution in [0.4, 0.5) is 0 Å². The van der Waals surface area contributed by atoms with Crippen LogP contribution in [-0.2, 0) is 0 Å². The van der Waals surface area contributed by atoms with Gasteiger partial charge in [0.2, 0.25) is 0 Å². The summed E-state index contributed by atoms with van der Waals surface area (Å²) in [5.41, 5.74) is 1.11. The molecule has 1 heterocycles. The summed E-state index contributed by atoms with van der Waals surface area (Å²) < 4.78 is 0. The Morgan fingerprint density at radius 1 is 1.27 bits per heavy atom. The molecule has 2 nitrogen and oxygen atoms in total. The van der Waals surface area contributed by atoms with Crippen molar-refractivity contribution in [3.05, 3.63) is 0 Å². The molecule has 4 fully saturated rings. The van der Waals surface area contributed by atoms with Gasteiger partial charge in [-0.3, -0.25) is 0 Å². The van der Waals surface area contributed by atoms with E-state index in [-0.39, 0.29) is 0 Å². The first-order chi connectivity index (χ1) is 5.29. The van der Waals surface area contributed by atoms with Gasteiger partial charge in [-0.1, -0.05) is 0 Å². The lowest BCUT2D eigenvalue weighted by Crippen LogP contribution is -2.71. The third-order valence-corrected chi connectivity index (χ3v) is 4.16. The summed E-state index contributed by atoms with van der Waals surface area (Å²) >= 11 is 0. The van der Waals surface area contributed by atoms with E-state index in [0.29, 0.717) is 17.4 Å². The Kier molecular flexibility index (Phi) is 0.961. The van der Waals surface area contributed by atoms with Gasteiger partial charge >= 0.3 is 0 Å². The zero-order valence-electron chi connectivity index (χ0n) is 6.77. The molecule has 11 heavy (non-hydrogen) atoms. The van der Waals surface area contributed by atoms with Crippen LogP contribution in [0.1, 0.15) is 19.3 Å². The molecule has 0 amide bonds. The Balaban J connectivity index is 1.68. The summed E-state index contributed by atoms with van der Waals surface area (Å²) in [5, 5.41) is 12.4. The van der Waals surface area contributed by atoms with Gasteiger partial charge in [-0.2, -0.15) is 0 Å². The molecule has 3 aliphatic carbocycles. The summed E-state index contributed by atoms with van der Waals surface area (Å²) in [7, 11) is 0. The zero-order valence-corrected chi connectivity index (χ0v) is 6.77. The van der Waals surface area contributed by atoms with Gasteiger partial charge in [0.1, 0.15) is 0 Å². The largest absolute Gasteiger partial charge is 0.396 e. The molecule has 4 aliphatic rings. The van der Waals surface area contributed by atoms with E-state index in [4.69, 9.17) is 5.11 Å². The monoisotopic (exact) mass is 153 g/mol. The summed E-state index contributed by atoms with van der Waals surface area (Å²) in [5.74, 6) is 0.955. The van der Waals surface area contributed by atoms with Crippen molar-refractivity contribution in [2.45, 2.75) is 19.3 Å². The van der Waals surface area contributed by atoms with Crippen molar-refractivity contribution in [2.24, 2.45) is 16.7 Å². The fourth-order valence-corrected chi connectivity index (χ4v) is 3.41. The minimum atomic E-state index is 0.412. The molecule has 0 spiro atoms.